The number of likely N-dealkylation sites (N-methyl/N-ethyl adjacent to an activating group) is 2. The SMILES string of the molecule is CNCC1OCCN(C)C1c1ccc2c(c1)CCO2. The zero-order valence-corrected chi connectivity index (χ0v) is 11.7. The van der Waals surface area contributed by atoms with E-state index >= 15 is 0 Å². The zero-order valence-electron chi connectivity index (χ0n) is 11.7. The van der Waals surface area contributed by atoms with Gasteiger partial charge < -0.3 is 14.8 Å². The van der Waals surface area contributed by atoms with Crippen molar-refractivity contribution >= 4 is 0 Å². The van der Waals surface area contributed by atoms with E-state index < -0.39 is 0 Å². The lowest BCUT2D eigenvalue weighted by atomic mass is 9.96. The number of morpholine rings is 1. The maximum absolute atomic E-state index is 5.94. The van der Waals surface area contributed by atoms with Crippen molar-refractivity contribution in [2.75, 3.05) is 40.4 Å². The second-order valence-corrected chi connectivity index (χ2v) is 5.36. The fraction of sp³-hybridized carbons (Fsp3) is 0.600. The zero-order chi connectivity index (χ0) is 13.2. The standard InChI is InChI=1S/C15H22N2O2/c1-16-10-14-15(17(2)6-8-19-14)12-3-4-13-11(9-12)5-7-18-13/h3-4,9,14-16H,5-8,10H2,1-2H3. The van der Waals surface area contributed by atoms with Crippen LogP contribution in [0, 0.1) is 0 Å². The minimum absolute atomic E-state index is 0.212. The van der Waals surface area contributed by atoms with Crippen LogP contribution in [0.5, 0.6) is 5.75 Å². The molecule has 1 fully saturated rings. The third-order valence-corrected chi connectivity index (χ3v) is 4.06. The molecule has 1 N–H and O–H groups in total. The Labute approximate surface area is 114 Å². The third-order valence-electron chi connectivity index (χ3n) is 4.06. The van der Waals surface area contributed by atoms with Crippen LogP contribution in [0.1, 0.15) is 17.2 Å². The van der Waals surface area contributed by atoms with E-state index in [1.807, 2.05) is 7.05 Å². The number of hydrogen-bond acceptors (Lipinski definition) is 4. The van der Waals surface area contributed by atoms with E-state index in [0.29, 0.717) is 6.04 Å². The molecule has 2 aliphatic rings. The van der Waals surface area contributed by atoms with Crippen molar-refractivity contribution in [2.24, 2.45) is 0 Å². The summed E-state index contributed by atoms with van der Waals surface area (Å²) >= 11 is 0. The Morgan fingerprint density at radius 2 is 2.26 bits per heavy atom. The molecule has 0 aromatic heterocycles. The van der Waals surface area contributed by atoms with Crippen molar-refractivity contribution < 1.29 is 9.47 Å². The molecule has 0 radical (unpaired) electrons. The van der Waals surface area contributed by atoms with Crippen LogP contribution >= 0.6 is 0 Å². The topological polar surface area (TPSA) is 33.7 Å². The first-order chi connectivity index (χ1) is 9.29. The largest absolute Gasteiger partial charge is 0.493 e. The van der Waals surface area contributed by atoms with Gasteiger partial charge in [-0.3, -0.25) is 4.90 Å². The average molecular weight is 262 g/mol. The maximum Gasteiger partial charge on any atom is 0.122 e. The van der Waals surface area contributed by atoms with Crippen molar-refractivity contribution in [1.29, 1.82) is 0 Å². The van der Waals surface area contributed by atoms with Gasteiger partial charge in [-0.05, 0) is 31.3 Å². The van der Waals surface area contributed by atoms with Crippen LogP contribution in [0.4, 0.5) is 0 Å². The summed E-state index contributed by atoms with van der Waals surface area (Å²) in [6.45, 7) is 3.49. The van der Waals surface area contributed by atoms with E-state index in [9.17, 15) is 0 Å². The fourth-order valence-corrected chi connectivity index (χ4v) is 3.09. The van der Waals surface area contributed by atoms with Gasteiger partial charge in [0.05, 0.1) is 25.4 Å². The summed E-state index contributed by atoms with van der Waals surface area (Å²) in [6.07, 6.45) is 1.24. The lowest BCUT2D eigenvalue weighted by Gasteiger charge is -2.39. The van der Waals surface area contributed by atoms with Crippen LogP contribution in [0.15, 0.2) is 18.2 Å². The molecule has 1 aromatic rings. The Hall–Kier alpha value is -1.10. The fourth-order valence-electron chi connectivity index (χ4n) is 3.09. The molecular formula is C15H22N2O2. The Bertz CT molecular complexity index is 448. The second-order valence-electron chi connectivity index (χ2n) is 5.36. The molecular weight excluding hydrogens is 240 g/mol. The van der Waals surface area contributed by atoms with Crippen LogP contribution in [0.3, 0.4) is 0 Å². The molecule has 1 aromatic carbocycles. The summed E-state index contributed by atoms with van der Waals surface area (Å²) in [6, 6.07) is 6.91. The van der Waals surface area contributed by atoms with Crippen LogP contribution in [0.2, 0.25) is 0 Å². The number of rotatable bonds is 3. The monoisotopic (exact) mass is 262 g/mol. The highest BCUT2D eigenvalue weighted by atomic mass is 16.5. The van der Waals surface area contributed by atoms with Gasteiger partial charge in [0.15, 0.2) is 0 Å². The Balaban J connectivity index is 1.88. The number of ether oxygens (including phenoxy) is 2. The van der Waals surface area contributed by atoms with E-state index in [2.05, 4.69) is 35.5 Å². The van der Waals surface area contributed by atoms with E-state index in [-0.39, 0.29) is 6.10 Å². The summed E-state index contributed by atoms with van der Waals surface area (Å²) in [5.74, 6) is 1.05. The van der Waals surface area contributed by atoms with Crippen molar-refractivity contribution in [3.63, 3.8) is 0 Å². The van der Waals surface area contributed by atoms with Crippen LogP contribution in [-0.2, 0) is 11.2 Å². The molecule has 0 amide bonds. The van der Waals surface area contributed by atoms with Crippen molar-refractivity contribution in [1.82, 2.24) is 10.2 Å². The predicted molar refractivity (Wildman–Crippen MR) is 74.7 cm³/mol. The first-order valence-corrected chi connectivity index (χ1v) is 7.01. The van der Waals surface area contributed by atoms with Crippen LogP contribution in [0.25, 0.3) is 0 Å². The highest BCUT2D eigenvalue weighted by molar-refractivity contribution is 5.41. The summed E-state index contributed by atoms with van der Waals surface area (Å²) in [5, 5.41) is 3.23. The Kier molecular flexibility index (Phi) is 3.73. The van der Waals surface area contributed by atoms with E-state index in [1.165, 1.54) is 11.1 Å². The molecule has 0 bridgehead atoms. The molecule has 1 saturated heterocycles. The number of hydrogen-bond donors (Lipinski definition) is 1. The summed E-state index contributed by atoms with van der Waals surface area (Å²) in [5.41, 5.74) is 2.67. The van der Waals surface area contributed by atoms with Gasteiger partial charge in [0, 0.05) is 19.5 Å². The van der Waals surface area contributed by atoms with E-state index in [0.717, 1.165) is 38.5 Å². The van der Waals surface area contributed by atoms with Gasteiger partial charge in [-0.2, -0.15) is 0 Å². The van der Waals surface area contributed by atoms with Gasteiger partial charge in [-0.25, -0.2) is 0 Å². The average Bonchev–Trinajstić information content (AvgIpc) is 2.86. The first kappa shape index (κ1) is 12.9. The molecule has 2 unspecified atom stereocenters. The van der Waals surface area contributed by atoms with Gasteiger partial charge in [0.1, 0.15) is 5.75 Å². The van der Waals surface area contributed by atoms with Gasteiger partial charge in [0.2, 0.25) is 0 Å². The Morgan fingerprint density at radius 1 is 1.37 bits per heavy atom. The molecule has 3 rings (SSSR count). The molecule has 4 heteroatoms. The third kappa shape index (κ3) is 2.48. The summed E-state index contributed by atoms with van der Waals surface area (Å²) < 4.78 is 11.5. The number of fused-ring (bicyclic) bond motifs is 1. The molecule has 0 spiro atoms. The minimum Gasteiger partial charge on any atom is -0.493 e. The molecule has 2 atom stereocenters. The van der Waals surface area contributed by atoms with Gasteiger partial charge in [0.25, 0.3) is 0 Å². The number of benzene rings is 1. The van der Waals surface area contributed by atoms with Crippen molar-refractivity contribution in [3.8, 4) is 5.75 Å². The smallest absolute Gasteiger partial charge is 0.122 e. The number of nitrogens with one attached hydrogen (secondary N) is 1. The molecule has 104 valence electrons. The quantitative estimate of drug-likeness (QED) is 0.888. The van der Waals surface area contributed by atoms with Gasteiger partial charge >= 0.3 is 0 Å². The molecule has 4 nitrogen and oxygen atoms in total. The minimum atomic E-state index is 0.212. The Morgan fingerprint density at radius 3 is 3.11 bits per heavy atom. The first-order valence-electron chi connectivity index (χ1n) is 7.01. The predicted octanol–water partition coefficient (Wildman–Crippen LogP) is 1.21. The normalized spacial score (nSPS) is 27.1. The van der Waals surface area contributed by atoms with Gasteiger partial charge in [-0.1, -0.05) is 12.1 Å². The molecule has 0 aliphatic carbocycles. The van der Waals surface area contributed by atoms with Crippen molar-refractivity contribution in [3.05, 3.63) is 29.3 Å². The van der Waals surface area contributed by atoms with E-state index in [4.69, 9.17) is 9.47 Å². The van der Waals surface area contributed by atoms with Crippen LogP contribution < -0.4 is 10.1 Å². The van der Waals surface area contributed by atoms with Crippen molar-refractivity contribution in [2.45, 2.75) is 18.6 Å². The highest BCUT2D eigenvalue weighted by Crippen LogP contribution is 2.33. The van der Waals surface area contributed by atoms with Gasteiger partial charge in [-0.15, -0.1) is 0 Å². The lowest BCUT2D eigenvalue weighted by molar-refractivity contribution is -0.0606. The van der Waals surface area contributed by atoms with E-state index in [1.54, 1.807) is 0 Å². The number of nitrogens with zero attached hydrogens (tertiary/aromatic N) is 1. The summed E-state index contributed by atoms with van der Waals surface area (Å²) in [4.78, 5) is 2.39. The lowest BCUT2D eigenvalue weighted by Crippen LogP contribution is -2.47. The maximum atomic E-state index is 5.94. The summed E-state index contributed by atoms with van der Waals surface area (Å²) in [7, 11) is 4.16. The molecule has 2 aliphatic heterocycles. The molecule has 19 heavy (non-hydrogen) atoms. The molecule has 2 heterocycles. The highest BCUT2D eigenvalue weighted by Gasteiger charge is 2.31. The van der Waals surface area contributed by atoms with Crippen LogP contribution in [-0.4, -0.2) is 51.4 Å². The molecule has 0 saturated carbocycles. The second kappa shape index (κ2) is 5.49.